The third-order valence-corrected chi connectivity index (χ3v) is 2.19. The van der Waals surface area contributed by atoms with Crippen LogP contribution in [0.15, 0.2) is 12.1 Å². The molecular formula is C10H10ClNO3. The standard InChI is InChI=1S/C10H10ClNO3/c1-5-3-4-7(11)9(12-6(2)13)8(5)10(14)15/h3-4H,1-2H3,(H,12,13)(H,14,15). The highest BCUT2D eigenvalue weighted by molar-refractivity contribution is 6.34. The summed E-state index contributed by atoms with van der Waals surface area (Å²) >= 11 is 5.81. The first-order valence-electron chi connectivity index (χ1n) is 4.23. The zero-order valence-electron chi connectivity index (χ0n) is 8.30. The van der Waals surface area contributed by atoms with Gasteiger partial charge in [0.2, 0.25) is 5.91 Å². The average Bonchev–Trinajstić information content (AvgIpc) is 2.10. The molecule has 0 fully saturated rings. The van der Waals surface area contributed by atoms with Crippen molar-refractivity contribution in [2.24, 2.45) is 0 Å². The molecule has 0 aliphatic heterocycles. The van der Waals surface area contributed by atoms with Crippen molar-refractivity contribution in [2.45, 2.75) is 13.8 Å². The minimum atomic E-state index is -1.11. The molecule has 0 atom stereocenters. The van der Waals surface area contributed by atoms with Gasteiger partial charge in [0, 0.05) is 6.92 Å². The minimum absolute atomic E-state index is 0.0256. The first-order valence-corrected chi connectivity index (χ1v) is 4.61. The summed E-state index contributed by atoms with van der Waals surface area (Å²) in [6.45, 7) is 2.94. The number of amides is 1. The number of halogens is 1. The van der Waals surface area contributed by atoms with Gasteiger partial charge < -0.3 is 10.4 Å². The summed E-state index contributed by atoms with van der Waals surface area (Å²) in [4.78, 5) is 21.9. The first-order chi connectivity index (χ1) is 6.93. The van der Waals surface area contributed by atoms with Crippen LogP contribution in [0, 0.1) is 6.92 Å². The maximum Gasteiger partial charge on any atom is 0.338 e. The van der Waals surface area contributed by atoms with E-state index in [0.29, 0.717) is 5.56 Å². The highest BCUT2D eigenvalue weighted by Gasteiger charge is 2.16. The number of carbonyl (C=O) groups is 2. The molecule has 1 amide bonds. The molecule has 0 aliphatic rings. The SMILES string of the molecule is CC(=O)Nc1c(Cl)ccc(C)c1C(=O)O. The normalized spacial score (nSPS) is 9.80. The maximum atomic E-state index is 11.0. The Labute approximate surface area is 91.9 Å². The summed E-state index contributed by atoms with van der Waals surface area (Å²) in [5.74, 6) is -1.47. The summed E-state index contributed by atoms with van der Waals surface area (Å²) in [7, 11) is 0. The van der Waals surface area contributed by atoms with E-state index in [2.05, 4.69) is 5.32 Å². The van der Waals surface area contributed by atoms with Crippen molar-refractivity contribution in [1.82, 2.24) is 0 Å². The van der Waals surface area contributed by atoms with Gasteiger partial charge >= 0.3 is 5.97 Å². The fraction of sp³-hybridized carbons (Fsp3) is 0.200. The Morgan fingerprint density at radius 1 is 1.40 bits per heavy atom. The lowest BCUT2D eigenvalue weighted by molar-refractivity contribution is -0.114. The molecule has 0 saturated carbocycles. The van der Waals surface area contributed by atoms with Crippen LogP contribution in [-0.2, 0) is 4.79 Å². The molecule has 4 nitrogen and oxygen atoms in total. The Kier molecular flexibility index (Phi) is 3.31. The Morgan fingerprint density at radius 2 is 2.00 bits per heavy atom. The van der Waals surface area contributed by atoms with Crippen LogP contribution < -0.4 is 5.32 Å². The third-order valence-electron chi connectivity index (χ3n) is 1.88. The van der Waals surface area contributed by atoms with Crippen molar-refractivity contribution in [3.63, 3.8) is 0 Å². The lowest BCUT2D eigenvalue weighted by Crippen LogP contribution is -2.12. The molecule has 1 aromatic carbocycles. The summed E-state index contributed by atoms with van der Waals surface area (Å²) < 4.78 is 0. The molecule has 0 bridgehead atoms. The smallest absolute Gasteiger partial charge is 0.338 e. The number of nitrogens with one attached hydrogen (secondary N) is 1. The van der Waals surface area contributed by atoms with Crippen LogP contribution >= 0.6 is 11.6 Å². The highest BCUT2D eigenvalue weighted by atomic mass is 35.5. The van der Waals surface area contributed by atoms with Gasteiger partial charge in [0.15, 0.2) is 0 Å². The van der Waals surface area contributed by atoms with Gasteiger partial charge in [-0.25, -0.2) is 4.79 Å². The average molecular weight is 228 g/mol. The Morgan fingerprint density at radius 3 is 2.47 bits per heavy atom. The van der Waals surface area contributed by atoms with Gasteiger partial charge in [-0.2, -0.15) is 0 Å². The monoisotopic (exact) mass is 227 g/mol. The molecule has 1 aromatic rings. The Balaban J connectivity index is 3.38. The molecule has 2 N–H and O–H groups in total. The molecule has 0 aliphatic carbocycles. The molecule has 15 heavy (non-hydrogen) atoms. The lowest BCUT2D eigenvalue weighted by atomic mass is 10.1. The molecule has 0 unspecified atom stereocenters. The van der Waals surface area contributed by atoms with E-state index in [1.165, 1.54) is 6.92 Å². The van der Waals surface area contributed by atoms with E-state index in [1.807, 2.05) is 0 Å². The van der Waals surface area contributed by atoms with Crippen molar-refractivity contribution in [3.8, 4) is 0 Å². The number of anilines is 1. The van der Waals surface area contributed by atoms with Crippen LogP contribution in [0.3, 0.4) is 0 Å². The van der Waals surface area contributed by atoms with Crippen molar-refractivity contribution in [2.75, 3.05) is 5.32 Å². The molecule has 0 radical (unpaired) electrons. The third kappa shape index (κ3) is 2.47. The van der Waals surface area contributed by atoms with Gasteiger partial charge in [0.25, 0.3) is 0 Å². The predicted molar refractivity (Wildman–Crippen MR) is 57.5 cm³/mol. The van der Waals surface area contributed by atoms with Crippen LogP contribution in [0.2, 0.25) is 5.02 Å². The fourth-order valence-corrected chi connectivity index (χ4v) is 1.46. The number of aryl methyl sites for hydroxylation is 1. The van der Waals surface area contributed by atoms with Gasteiger partial charge in [0.05, 0.1) is 16.3 Å². The van der Waals surface area contributed by atoms with E-state index in [0.717, 1.165) is 0 Å². The van der Waals surface area contributed by atoms with E-state index in [-0.39, 0.29) is 22.2 Å². The van der Waals surface area contributed by atoms with Crippen LogP contribution in [0.5, 0.6) is 0 Å². The van der Waals surface area contributed by atoms with Crippen LogP contribution in [0.1, 0.15) is 22.8 Å². The number of hydrogen-bond donors (Lipinski definition) is 2. The Bertz CT molecular complexity index is 429. The molecule has 80 valence electrons. The van der Waals surface area contributed by atoms with Crippen LogP contribution in [-0.4, -0.2) is 17.0 Å². The van der Waals surface area contributed by atoms with Gasteiger partial charge in [-0.1, -0.05) is 17.7 Å². The summed E-state index contributed by atoms with van der Waals surface area (Å²) in [5.41, 5.74) is 0.727. The first kappa shape index (κ1) is 11.5. The topological polar surface area (TPSA) is 66.4 Å². The second-order valence-corrected chi connectivity index (χ2v) is 3.51. The van der Waals surface area contributed by atoms with Gasteiger partial charge in [-0.3, -0.25) is 4.79 Å². The van der Waals surface area contributed by atoms with Gasteiger partial charge in [0.1, 0.15) is 0 Å². The van der Waals surface area contributed by atoms with Crippen LogP contribution in [0.4, 0.5) is 5.69 Å². The Hall–Kier alpha value is -1.55. The van der Waals surface area contributed by atoms with Gasteiger partial charge in [-0.05, 0) is 18.6 Å². The molecule has 0 spiro atoms. The van der Waals surface area contributed by atoms with E-state index in [1.54, 1.807) is 19.1 Å². The minimum Gasteiger partial charge on any atom is -0.478 e. The predicted octanol–water partition coefficient (Wildman–Crippen LogP) is 2.31. The number of benzene rings is 1. The number of carbonyl (C=O) groups excluding carboxylic acids is 1. The molecule has 1 rings (SSSR count). The number of aromatic carboxylic acids is 1. The van der Waals surface area contributed by atoms with E-state index >= 15 is 0 Å². The van der Waals surface area contributed by atoms with Crippen molar-refractivity contribution in [1.29, 1.82) is 0 Å². The van der Waals surface area contributed by atoms with Gasteiger partial charge in [-0.15, -0.1) is 0 Å². The van der Waals surface area contributed by atoms with E-state index in [4.69, 9.17) is 16.7 Å². The quantitative estimate of drug-likeness (QED) is 0.815. The fourth-order valence-electron chi connectivity index (χ4n) is 1.26. The van der Waals surface area contributed by atoms with Crippen molar-refractivity contribution >= 4 is 29.2 Å². The zero-order chi connectivity index (χ0) is 11.6. The number of hydrogen-bond acceptors (Lipinski definition) is 2. The maximum absolute atomic E-state index is 11.0. The molecular weight excluding hydrogens is 218 g/mol. The van der Waals surface area contributed by atoms with E-state index < -0.39 is 5.97 Å². The number of carboxylic acid groups (broad SMARTS) is 1. The molecule has 0 saturated heterocycles. The van der Waals surface area contributed by atoms with Crippen molar-refractivity contribution in [3.05, 3.63) is 28.3 Å². The van der Waals surface area contributed by atoms with Crippen LogP contribution in [0.25, 0.3) is 0 Å². The zero-order valence-corrected chi connectivity index (χ0v) is 9.05. The number of carboxylic acids is 1. The summed E-state index contributed by atoms with van der Waals surface area (Å²) in [6.07, 6.45) is 0. The van der Waals surface area contributed by atoms with Crippen molar-refractivity contribution < 1.29 is 14.7 Å². The number of rotatable bonds is 2. The second kappa shape index (κ2) is 4.31. The highest BCUT2D eigenvalue weighted by Crippen LogP contribution is 2.28. The second-order valence-electron chi connectivity index (χ2n) is 3.10. The summed E-state index contributed by atoms with van der Waals surface area (Å²) in [6, 6.07) is 3.14. The van der Waals surface area contributed by atoms with E-state index in [9.17, 15) is 9.59 Å². The molecule has 5 heteroatoms. The largest absolute Gasteiger partial charge is 0.478 e. The lowest BCUT2D eigenvalue weighted by Gasteiger charge is -2.10. The molecule has 0 heterocycles. The molecule has 0 aromatic heterocycles. The summed E-state index contributed by atoms with van der Waals surface area (Å²) in [5, 5.41) is 11.6.